The molecule has 1 heterocycles. The Morgan fingerprint density at radius 2 is 1.82 bits per heavy atom. The average Bonchev–Trinajstić information content (AvgIpc) is 3.05. The van der Waals surface area contributed by atoms with Crippen molar-refractivity contribution in [2.75, 3.05) is 20.8 Å². The number of carbonyl (C=O) groups is 1. The third kappa shape index (κ3) is 3.78. The monoisotopic (exact) mass is 381 g/mol. The summed E-state index contributed by atoms with van der Waals surface area (Å²) in [6.45, 7) is 2.37. The number of aromatic nitrogens is 1. The van der Waals surface area contributed by atoms with Gasteiger partial charge in [0.2, 0.25) is 5.75 Å². The lowest BCUT2D eigenvalue weighted by atomic mass is 10.2. The highest BCUT2D eigenvalue weighted by molar-refractivity contribution is 5.99. The van der Waals surface area contributed by atoms with Crippen molar-refractivity contribution >= 4 is 23.0 Å². The van der Waals surface area contributed by atoms with Crippen molar-refractivity contribution in [2.24, 2.45) is 12.1 Å². The number of para-hydroxylation sites is 1. The van der Waals surface area contributed by atoms with Crippen LogP contribution in [0.2, 0.25) is 0 Å². The summed E-state index contributed by atoms with van der Waals surface area (Å²) in [4.78, 5) is 12.5. The summed E-state index contributed by atoms with van der Waals surface area (Å²) in [5.41, 5.74) is 4.78. The van der Waals surface area contributed by atoms with E-state index in [4.69, 9.17) is 14.2 Å². The van der Waals surface area contributed by atoms with E-state index in [0.717, 1.165) is 10.9 Å². The normalized spacial score (nSPS) is 11.0. The molecule has 1 amide bonds. The molecule has 0 bridgehead atoms. The molecule has 0 saturated heterocycles. The van der Waals surface area contributed by atoms with E-state index in [2.05, 4.69) is 10.5 Å². The molecule has 0 aliphatic rings. The van der Waals surface area contributed by atoms with Gasteiger partial charge in [-0.3, -0.25) is 4.79 Å². The van der Waals surface area contributed by atoms with Crippen LogP contribution in [0.25, 0.3) is 10.9 Å². The fourth-order valence-electron chi connectivity index (χ4n) is 2.99. The summed E-state index contributed by atoms with van der Waals surface area (Å²) in [7, 11) is 4.96. The second-order valence-corrected chi connectivity index (χ2v) is 6.03. The number of carbonyl (C=O) groups excluding carboxylic acids is 1. The number of nitrogens with zero attached hydrogens (tertiary/aromatic N) is 2. The summed E-state index contributed by atoms with van der Waals surface area (Å²) < 4.78 is 18.2. The first-order valence-corrected chi connectivity index (χ1v) is 8.85. The van der Waals surface area contributed by atoms with E-state index in [1.165, 1.54) is 6.21 Å². The van der Waals surface area contributed by atoms with Gasteiger partial charge in [0.15, 0.2) is 11.5 Å². The van der Waals surface area contributed by atoms with Crippen LogP contribution in [0, 0.1) is 0 Å². The molecule has 0 spiro atoms. The van der Waals surface area contributed by atoms with E-state index < -0.39 is 0 Å². The van der Waals surface area contributed by atoms with Gasteiger partial charge in [-0.05, 0) is 31.2 Å². The van der Waals surface area contributed by atoms with Crippen LogP contribution in [-0.4, -0.2) is 37.5 Å². The van der Waals surface area contributed by atoms with Gasteiger partial charge in [-0.2, -0.15) is 5.10 Å². The molecule has 1 aromatic heterocycles. The number of benzene rings is 2. The number of ether oxygens (including phenoxy) is 3. The van der Waals surface area contributed by atoms with Crippen molar-refractivity contribution in [2.45, 2.75) is 6.92 Å². The number of hydrogen-bond donors (Lipinski definition) is 1. The lowest BCUT2D eigenvalue weighted by molar-refractivity contribution is 0.0947. The Labute approximate surface area is 163 Å². The van der Waals surface area contributed by atoms with Crippen LogP contribution in [0.3, 0.4) is 0 Å². The number of hydrogen-bond acceptors (Lipinski definition) is 5. The van der Waals surface area contributed by atoms with Crippen LogP contribution in [0.1, 0.15) is 23.0 Å². The predicted molar refractivity (Wildman–Crippen MR) is 109 cm³/mol. The Bertz CT molecular complexity index is 999. The molecule has 1 N–H and O–H groups in total. The van der Waals surface area contributed by atoms with Gasteiger partial charge < -0.3 is 18.8 Å². The first kappa shape index (κ1) is 19.3. The Morgan fingerprint density at radius 1 is 1.14 bits per heavy atom. The van der Waals surface area contributed by atoms with Crippen molar-refractivity contribution < 1.29 is 19.0 Å². The van der Waals surface area contributed by atoms with Crippen LogP contribution in [0.5, 0.6) is 17.2 Å². The first-order valence-electron chi connectivity index (χ1n) is 8.85. The summed E-state index contributed by atoms with van der Waals surface area (Å²) in [5.74, 6) is 1.30. The molecule has 0 atom stereocenters. The van der Waals surface area contributed by atoms with Crippen LogP contribution >= 0.6 is 0 Å². The molecule has 0 fully saturated rings. The summed E-state index contributed by atoms with van der Waals surface area (Å²) in [6.07, 6.45) is 1.53. The Balaban J connectivity index is 1.80. The van der Waals surface area contributed by atoms with Gasteiger partial charge in [0.1, 0.15) is 5.69 Å². The van der Waals surface area contributed by atoms with Crippen molar-refractivity contribution in [3.8, 4) is 17.2 Å². The van der Waals surface area contributed by atoms with E-state index in [1.807, 2.05) is 48.9 Å². The number of nitrogens with one attached hydrogen (secondary N) is 1. The quantitative estimate of drug-likeness (QED) is 0.503. The molecule has 3 rings (SSSR count). The van der Waals surface area contributed by atoms with E-state index in [0.29, 0.717) is 35.1 Å². The zero-order valence-corrected chi connectivity index (χ0v) is 16.4. The molecule has 0 saturated carbocycles. The largest absolute Gasteiger partial charge is 0.493 e. The van der Waals surface area contributed by atoms with E-state index >= 15 is 0 Å². The van der Waals surface area contributed by atoms with Crippen LogP contribution < -0.4 is 19.6 Å². The van der Waals surface area contributed by atoms with Gasteiger partial charge in [0.05, 0.1) is 27.0 Å². The zero-order chi connectivity index (χ0) is 20.1. The van der Waals surface area contributed by atoms with E-state index in [-0.39, 0.29) is 5.91 Å². The van der Waals surface area contributed by atoms with Crippen LogP contribution in [0.15, 0.2) is 47.6 Å². The minimum atomic E-state index is -0.292. The Kier molecular flexibility index (Phi) is 5.84. The molecule has 28 heavy (non-hydrogen) atoms. The van der Waals surface area contributed by atoms with Gasteiger partial charge >= 0.3 is 0 Å². The molecule has 0 unspecified atom stereocenters. The number of hydrazone groups is 1. The third-order valence-electron chi connectivity index (χ3n) is 4.34. The van der Waals surface area contributed by atoms with E-state index in [1.54, 1.807) is 26.4 Å². The summed E-state index contributed by atoms with van der Waals surface area (Å²) in [5, 5.41) is 5.07. The summed E-state index contributed by atoms with van der Waals surface area (Å²) >= 11 is 0. The topological polar surface area (TPSA) is 74.1 Å². The third-order valence-corrected chi connectivity index (χ3v) is 4.34. The zero-order valence-electron chi connectivity index (χ0n) is 16.4. The SMILES string of the molecule is CCOc1c(OC)cc(/C=N/NC(=O)c2cc3ccccc3n2C)cc1OC. The molecule has 146 valence electrons. The fraction of sp³-hybridized carbons (Fsp3) is 0.238. The second-order valence-electron chi connectivity index (χ2n) is 6.03. The van der Waals surface area contributed by atoms with Crippen LogP contribution in [0.4, 0.5) is 0 Å². The molecule has 0 aliphatic carbocycles. The van der Waals surface area contributed by atoms with Crippen molar-refractivity contribution in [3.63, 3.8) is 0 Å². The van der Waals surface area contributed by atoms with Crippen molar-refractivity contribution in [3.05, 3.63) is 53.7 Å². The van der Waals surface area contributed by atoms with Gasteiger partial charge in [-0.1, -0.05) is 18.2 Å². The number of fused-ring (bicyclic) bond motifs is 1. The average molecular weight is 381 g/mol. The molecular formula is C21H23N3O4. The standard InChI is InChI=1S/C21H23N3O4/c1-5-28-20-18(26-3)10-14(11-19(20)27-4)13-22-23-21(25)17-12-15-8-6-7-9-16(15)24(17)2/h6-13H,5H2,1-4H3,(H,23,25)/b22-13+. The lowest BCUT2D eigenvalue weighted by Gasteiger charge is -2.14. The molecular weight excluding hydrogens is 358 g/mol. The minimum absolute atomic E-state index is 0.292. The highest BCUT2D eigenvalue weighted by Gasteiger charge is 2.14. The van der Waals surface area contributed by atoms with Gasteiger partial charge in [-0.25, -0.2) is 5.43 Å². The molecule has 7 heteroatoms. The molecule has 7 nitrogen and oxygen atoms in total. The number of rotatable bonds is 7. The maximum absolute atomic E-state index is 12.5. The highest BCUT2D eigenvalue weighted by Crippen LogP contribution is 2.38. The van der Waals surface area contributed by atoms with Crippen LogP contribution in [-0.2, 0) is 7.05 Å². The highest BCUT2D eigenvalue weighted by atomic mass is 16.5. The minimum Gasteiger partial charge on any atom is -0.493 e. The lowest BCUT2D eigenvalue weighted by Crippen LogP contribution is -2.20. The molecule has 2 aromatic carbocycles. The molecule has 3 aromatic rings. The number of methoxy groups -OCH3 is 2. The Morgan fingerprint density at radius 3 is 2.43 bits per heavy atom. The van der Waals surface area contributed by atoms with Gasteiger partial charge in [0, 0.05) is 23.5 Å². The van der Waals surface area contributed by atoms with Gasteiger partial charge in [-0.15, -0.1) is 0 Å². The van der Waals surface area contributed by atoms with Crippen molar-refractivity contribution in [1.82, 2.24) is 9.99 Å². The van der Waals surface area contributed by atoms with E-state index in [9.17, 15) is 4.79 Å². The smallest absolute Gasteiger partial charge is 0.287 e. The summed E-state index contributed by atoms with van der Waals surface area (Å²) in [6, 6.07) is 13.2. The maximum Gasteiger partial charge on any atom is 0.287 e. The second kappa shape index (κ2) is 8.47. The fourth-order valence-corrected chi connectivity index (χ4v) is 2.99. The molecule has 0 aliphatic heterocycles. The predicted octanol–water partition coefficient (Wildman–Crippen LogP) is 3.36. The Hall–Kier alpha value is -3.48. The first-order chi connectivity index (χ1) is 13.6. The number of amides is 1. The molecule has 0 radical (unpaired) electrons. The van der Waals surface area contributed by atoms with Gasteiger partial charge in [0.25, 0.3) is 5.91 Å². The maximum atomic E-state index is 12.5. The number of aryl methyl sites for hydroxylation is 1. The van der Waals surface area contributed by atoms with Crippen molar-refractivity contribution in [1.29, 1.82) is 0 Å².